The zero-order chi connectivity index (χ0) is 32.4. The van der Waals surface area contributed by atoms with Gasteiger partial charge in [0.2, 0.25) is 0 Å². The molecule has 2 amide bonds. The van der Waals surface area contributed by atoms with Crippen LogP contribution in [0.4, 0.5) is 11.4 Å². The molecule has 0 unspecified atom stereocenters. The van der Waals surface area contributed by atoms with E-state index in [1.165, 1.54) is 44.7 Å². The van der Waals surface area contributed by atoms with E-state index in [0.717, 1.165) is 9.87 Å². The van der Waals surface area contributed by atoms with E-state index in [1.807, 2.05) is 6.92 Å². The van der Waals surface area contributed by atoms with Gasteiger partial charge in [-0.2, -0.15) is 5.10 Å². The summed E-state index contributed by atoms with van der Waals surface area (Å²) in [5, 5.41) is 6.95. The van der Waals surface area contributed by atoms with Crippen LogP contribution in [0.25, 0.3) is 0 Å². The number of rotatable bonds is 13. The van der Waals surface area contributed by atoms with Crippen molar-refractivity contribution in [1.82, 2.24) is 5.43 Å². The lowest BCUT2D eigenvalue weighted by atomic mass is 10.2. The minimum absolute atomic E-state index is 0.00832. The van der Waals surface area contributed by atoms with Gasteiger partial charge in [0.1, 0.15) is 23.8 Å². The summed E-state index contributed by atoms with van der Waals surface area (Å²) >= 11 is 6.18. The van der Waals surface area contributed by atoms with Crippen LogP contribution in [0.1, 0.15) is 11.1 Å². The number of carbonyl (C=O) groups excluding carboxylic acids is 2. The van der Waals surface area contributed by atoms with Crippen molar-refractivity contribution in [2.75, 3.05) is 37.0 Å². The van der Waals surface area contributed by atoms with Gasteiger partial charge in [0.05, 0.1) is 36.7 Å². The van der Waals surface area contributed by atoms with Crippen molar-refractivity contribution in [3.8, 4) is 17.2 Å². The summed E-state index contributed by atoms with van der Waals surface area (Å²) in [6.45, 7) is 1.01. The number of anilines is 2. The number of nitrogens with one attached hydrogen (secondary N) is 2. The highest BCUT2D eigenvalue weighted by Crippen LogP contribution is 2.35. The molecule has 4 aromatic carbocycles. The highest BCUT2D eigenvalue weighted by molar-refractivity contribution is 7.92. The number of sulfonamides is 1. The van der Waals surface area contributed by atoms with Crippen LogP contribution < -0.4 is 29.3 Å². The lowest BCUT2D eigenvalue weighted by Gasteiger charge is -2.25. The highest BCUT2D eigenvalue weighted by Gasteiger charge is 2.29. The maximum atomic E-state index is 13.7. The number of hydrogen-bond acceptors (Lipinski definition) is 8. The first-order valence-electron chi connectivity index (χ1n) is 13.5. The average Bonchev–Trinajstić information content (AvgIpc) is 3.03. The fourth-order valence-corrected chi connectivity index (χ4v) is 5.66. The largest absolute Gasteiger partial charge is 0.495 e. The van der Waals surface area contributed by atoms with Gasteiger partial charge in [-0.3, -0.25) is 13.9 Å². The molecule has 11 nitrogen and oxygen atoms in total. The van der Waals surface area contributed by atoms with Crippen molar-refractivity contribution in [3.63, 3.8) is 0 Å². The van der Waals surface area contributed by atoms with Gasteiger partial charge in [-0.05, 0) is 79.2 Å². The Morgan fingerprint density at radius 1 is 0.889 bits per heavy atom. The Bertz CT molecular complexity index is 1780. The molecule has 0 atom stereocenters. The predicted octanol–water partition coefficient (Wildman–Crippen LogP) is 5.03. The molecule has 2 N–H and O–H groups in total. The Hall–Kier alpha value is -5.07. The van der Waals surface area contributed by atoms with Crippen molar-refractivity contribution in [3.05, 3.63) is 107 Å². The Kier molecular flexibility index (Phi) is 11.0. The standard InChI is InChI=1S/C32H31ClN4O7S/c1-22-8-15-26(16-9-22)45(40,41)37(28-18-24(33)12-17-30(28)43-3)20-31(38)36-34-19-23-10-13-25(14-11-23)44-21-32(39)35-27-6-4-5-7-29(27)42-2/h4-19H,20-21H2,1-3H3,(H,35,39)(H,36,38)/b34-19-. The Balaban J connectivity index is 1.39. The number of ether oxygens (including phenoxy) is 3. The number of aryl methyl sites for hydroxylation is 1. The molecule has 0 aliphatic heterocycles. The second kappa shape index (κ2) is 15.1. The van der Waals surface area contributed by atoms with Crippen LogP contribution >= 0.6 is 11.6 Å². The van der Waals surface area contributed by atoms with E-state index in [1.54, 1.807) is 66.7 Å². The SMILES string of the molecule is COc1ccccc1NC(=O)COc1ccc(/C=N\NC(=O)CN(c2cc(Cl)ccc2OC)S(=O)(=O)c2ccc(C)cc2)cc1. The average molecular weight is 651 g/mol. The third-order valence-corrected chi connectivity index (χ3v) is 8.35. The number of carbonyl (C=O) groups is 2. The number of methoxy groups -OCH3 is 2. The van der Waals surface area contributed by atoms with E-state index in [-0.39, 0.29) is 33.9 Å². The molecule has 0 heterocycles. The molecule has 0 saturated heterocycles. The number of halogens is 1. The van der Waals surface area contributed by atoms with E-state index in [0.29, 0.717) is 22.7 Å². The zero-order valence-corrected chi connectivity index (χ0v) is 26.3. The summed E-state index contributed by atoms with van der Waals surface area (Å²) in [6, 6.07) is 24.4. The normalized spacial score (nSPS) is 11.1. The third kappa shape index (κ3) is 8.74. The Morgan fingerprint density at radius 3 is 2.27 bits per heavy atom. The van der Waals surface area contributed by atoms with E-state index in [2.05, 4.69) is 15.8 Å². The second-order valence-electron chi connectivity index (χ2n) is 9.54. The van der Waals surface area contributed by atoms with Crippen molar-refractivity contribution in [2.45, 2.75) is 11.8 Å². The summed E-state index contributed by atoms with van der Waals surface area (Å²) in [4.78, 5) is 25.2. The summed E-state index contributed by atoms with van der Waals surface area (Å²) in [5.74, 6) is 0.128. The van der Waals surface area contributed by atoms with Gasteiger partial charge in [-0.15, -0.1) is 0 Å². The molecule has 234 valence electrons. The molecule has 13 heteroatoms. The molecule has 0 aliphatic rings. The highest BCUT2D eigenvalue weighted by atomic mass is 35.5. The van der Waals surface area contributed by atoms with Gasteiger partial charge in [0.25, 0.3) is 21.8 Å². The summed E-state index contributed by atoms with van der Waals surface area (Å²) in [5.41, 5.74) is 4.48. The van der Waals surface area contributed by atoms with Gasteiger partial charge in [0, 0.05) is 5.02 Å². The molecule has 0 saturated carbocycles. The maximum Gasteiger partial charge on any atom is 0.264 e. The quantitative estimate of drug-likeness (QED) is 0.153. The fourth-order valence-electron chi connectivity index (χ4n) is 4.07. The molecule has 0 aliphatic carbocycles. The first-order chi connectivity index (χ1) is 21.6. The number of benzene rings is 4. The molecular weight excluding hydrogens is 620 g/mol. The molecule has 0 fully saturated rings. The molecule has 45 heavy (non-hydrogen) atoms. The van der Waals surface area contributed by atoms with E-state index in [4.69, 9.17) is 25.8 Å². The Labute approximate surface area is 266 Å². The number of hydrogen-bond donors (Lipinski definition) is 2. The fraction of sp³-hybridized carbons (Fsp3) is 0.156. The van der Waals surface area contributed by atoms with Crippen molar-refractivity contribution >= 4 is 51.0 Å². The van der Waals surface area contributed by atoms with Crippen LogP contribution in [0.2, 0.25) is 5.02 Å². The van der Waals surface area contributed by atoms with Gasteiger partial charge in [-0.1, -0.05) is 41.4 Å². The van der Waals surface area contributed by atoms with Gasteiger partial charge < -0.3 is 19.5 Å². The number of para-hydroxylation sites is 2. The molecule has 0 radical (unpaired) electrons. The number of hydrazone groups is 1. The van der Waals surface area contributed by atoms with Gasteiger partial charge >= 0.3 is 0 Å². The summed E-state index contributed by atoms with van der Waals surface area (Å²) in [7, 11) is -1.29. The van der Waals surface area contributed by atoms with Crippen molar-refractivity contribution in [2.24, 2.45) is 5.10 Å². The maximum absolute atomic E-state index is 13.7. The van der Waals surface area contributed by atoms with Crippen LogP contribution in [0.3, 0.4) is 0 Å². The smallest absolute Gasteiger partial charge is 0.264 e. The molecular formula is C32H31ClN4O7S. The molecule has 0 spiro atoms. The zero-order valence-electron chi connectivity index (χ0n) is 24.7. The first kappa shape index (κ1) is 32.8. The van der Waals surface area contributed by atoms with Crippen LogP contribution in [0.5, 0.6) is 17.2 Å². The first-order valence-corrected chi connectivity index (χ1v) is 15.3. The van der Waals surface area contributed by atoms with Crippen LogP contribution in [0, 0.1) is 6.92 Å². The van der Waals surface area contributed by atoms with Gasteiger partial charge in [-0.25, -0.2) is 13.8 Å². The molecule has 4 aromatic rings. The molecule has 0 aromatic heterocycles. The van der Waals surface area contributed by atoms with E-state index in [9.17, 15) is 18.0 Å². The topological polar surface area (TPSA) is 136 Å². The molecule has 0 bridgehead atoms. The van der Waals surface area contributed by atoms with Crippen molar-refractivity contribution in [1.29, 1.82) is 0 Å². The predicted molar refractivity (Wildman–Crippen MR) is 173 cm³/mol. The van der Waals surface area contributed by atoms with Gasteiger partial charge in [0.15, 0.2) is 6.61 Å². The third-order valence-electron chi connectivity index (χ3n) is 6.34. The minimum atomic E-state index is -4.20. The van der Waals surface area contributed by atoms with E-state index >= 15 is 0 Å². The number of nitrogens with zero attached hydrogens (tertiary/aromatic N) is 2. The minimum Gasteiger partial charge on any atom is -0.495 e. The lowest BCUT2D eigenvalue weighted by molar-refractivity contribution is -0.119. The lowest BCUT2D eigenvalue weighted by Crippen LogP contribution is -2.39. The summed E-state index contributed by atoms with van der Waals surface area (Å²) < 4.78 is 44.4. The second-order valence-corrected chi connectivity index (χ2v) is 11.8. The Morgan fingerprint density at radius 2 is 1.58 bits per heavy atom. The van der Waals surface area contributed by atoms with Crippen LogP contribution in [-0.4, -0.2) is 53.8 Å². The van der Waals surface area contributed by atoms with Crippen LogP contribution in [-0.2, 0) is 19.6 Å². The van der Waals surface area contributed by atoms with E-state index < -0.39 is 22.5 Å². The number of amides is 2. The monoisotopic (exact) mass is 650 g/mol. The van der Waals surface area contributed by atoms with Crippen molar-refractivity contribution < 1.29 is 32.2 Å². The summed E-state index contributed by atoms with van der Waals surface area (Å²) in [6.07, 6.45) is 1.38. The molecule has 4 rings (SSSR count). The van der Waals surface area contributed by atoms with Crippen LogP contribution in [0.15, 0.2) is 101 Å².